The molecule has 72 valence electrons. The summed E-state index contributed by atoms with van der Waals surface area (Å²) in [4.78, 5) is 4.43. The van der Waals surface area contributed by atoms with Crippen molar-refractivity contribution in [3.63, 3.8) is 0 Å². The summed E-state index contributed by atoms with van der Waals surface area (Å²) < 4.78 is 2.34. The molecule has 0 saturated carbocycles. The van der Waals surface area contributed by atoms with Crippen molar-refractivity contribution in [1.29, 1.82) is 0 Å². The first-order valence-electron chi connectivity index (χ1n) is 5.10. The molecule has 0 aliphatic carbocycles. The third-order valence-corrected chi connectivity index (χ3v) is 2.69. The van der Waals surface area contributed by atoms with E-state index in [1.165, 1.54) is 17.9 Å². The van der Waals surface area contributed by atoms with E-state index in [1.807, 2.05) is 6.20 Å². The number of aromatic nitrogens is 2. The number of fused-ring (bicyclic) bond motifs is 1. The lowest BCUT2D eigenvalue weighted by atomic mass is 10.1. The average molecular weight is 179 g/mol. The van der Waals surface area contributed by atoms with Gasteiger partial charge in [0.15, 0.2) is 0 Å². The highest BCUT2D eigenvalue weighted by atomic mass is 15.1. The van der Waals surface area contributed by atoms with E-state index in [0.29, 0.717) is 6.04 Å². The number of rotatable bonds is 2. The van der Waals surface area contributed by atoms with Gasteiger partial charge in [0.1, 0.15) is 5.82 Å². The van der Waals surface area contributed by atoms with Gasteiger partial charge in [-0.25, -0.2) is 4.98 Å². The minimum Gasteiger partial charge on any atom is -0.332 e. The van der Waals surface area contributed by atoms with Gasteiger partial charge in [0, 0.05) is 37.3 Å². The molecule has 3 nitrogen and oxygen atoms in total. The molecule has 13 heavy (non-hydrogen) atoms. The molecular formula is C10H17N3. The van der Waals surface area contributed by atoms with Crippen LogP contribution in [0.1, 0.15) is 31.3 Å². The van der Waals surface area contributed by atoms with Crippen molar-refractivity contribution in [1.82, 2.24) is 9.55 Å². The lowest BCUT2D eigenvalue weighted by Crippen LogP contribution is -2.31. The van der Waals surface area contributed by atoms with E-state index in [9.17, 15) is 0 Å². The van der Waals surface area contributed by atoms with Crippen molar-refractivity contribution >= 4 is 0 Å². The summed E-state index contributed by atoms with van der Waals surface area (Å²) in [6, 6.07) is 0.346. The topological polar surface area (TPSA) is 43.8 Å². The number of hydrogen-bond acceptors (Lipinski definition) is 2. The predicted molar refractivity (Wildman–Crippen MR) is 52.5 cm³/mol. The summed E-state index contributed by atoms with van der Waals surface area (Å²) in [6.45, 7) is 3.25. The fourth-order valence-corrected chi connectivity index (χ4v) is 1.98. The third-order valence-electron chi connectivity index (χ3n) is 2.69. The van der Waals surface area contributed by atoms with E-state index in [4.69, 9.17) is 5.73 Å². The Morgan fingerprint density at radius 3 is 3.31 bits per heavy atom. The molecule has 1 aromatic heterocycles. The molecule has 3 heteroatoms. The number of hydrogen-bond donors (Lipinski definition) is 1. The van der Waals surface area contributed by atoms with E-state index < -0.39 is 0 Å². The van der Waals surface area contributed by atoms with Crippen molar-refractivity contribution < 1.29 is 0 Å². The Morgan fingerprint density at radius 1 is 1.69 bits per heavy atom. The van der Waals surface area contributed by atoms with E-state index in [2.05, 4.69) is 16.5 Å². The Labute approximate surface area is 79.0 Å². The van der Waals surface area contributed by atoms with Crippen LogP contribution in [0.5, 0.6) is 0 Å². The SMILES string of the molecule is CCCc1ncc2n1CCC(N)C2. The first kappa shape index (κ1) is 8.75. The highest BCUT2D eigenvalue weighted by molar-refractivity contribution is 5.10. The number of nitrogens with two attached hydrogens (primary N) is 1. The summed E-state index contributed by atoms with van der Waals surface area (Å²) in [6.07, 6.45) is 6.35. The Hall–Kier alpha value is -0.830. The van der Waals surface area contributed by atoms with Crippen LogP contribution in [0.4, 0.5) is 0 Å². The molecule has 1 unspecified atom stereocenters. The van der Waals surface area contributed by atoms with Crippen LogP contribution in [-0.4, -0.2) is 15.6 Å². The van der Waals surface area contributed by atoms with E-state index in [-0.39, 0.29) is 0 Å². The van der Waals surface area contributed by atoms with Crippen LogP contribution < -0.4 is 5.73 Å². The van der Waals surface area contributed by atoms with Gasteiger partial charge in [0.25, 0.3) is 0 Å². The van der Waals surface area contributed by atoms with Crippen molar-refractivity contribution in [3.05, 3.63) is 17.7 Å². The number of imidazole rings is 1. The minimum atomic E-state index is 0.346. The van der Waals surface area contributed by atoms with Gasteiger partial charge < -0.3 is 10.3 Å². The van der Waals surface area contributed by atoms with Crippen LogP contribution >= 0.6 is 0 Å². The molecule has 2 N–H and O–H groups in total. The molecule has 2 heterocycles. The van der Waals surface area contributed by atoms with Gasteiger partial charge in [-0.3, -0.25) is 0 Å². The summed E-state index contributed by atoms with van der Waals surface area (Å²) in [7, 11) is 0. The minimum absolute atomic E-state index is 0.346. The standard InChI is InChI=1S/C10H17N3/c1-2-3-10-12-7-9-6-8(11)4-5-13(9)10/h7-8H,2-6,11H2,1H3. The Morgan fingerprint density at radius 2 is 2.54 bits per heavy atom. The first-order chi connectivity index (χ1) is 6.31. The molecule has 0 saturated heterocycles. The van der Waals surface area contributed by atoms with Gasteiger partial charge in [-0.05, 0) is 12.8 Å². The first-order valence-corrected chi connectivity index (χ1v) is 5.10. The van der Waals surface area contributed by atoms with Gasteiger partial charge in [-0.1, -0.05) is 6.92 Å². The van der Waals surface area contributed by atoms with Crippen LogP contribution in [-0.2, 0) is 19.4 Å². The summed E-state index contributed by atoms with van der Waals surface area (Å²) >= 11 is 0. The second kappa shape index (κ2) is 3.50. The van der Waals surface area contributed by atoms with Gasteiger partial charge in [0.05, 0.1) is 0 Å². The fourth-order valence-electron chi connectivity index (χ4n) is 1.98. The second-order valence-corrected chi connectivity index (χ2v) is 3.82. The van der Waals surface area contributed by atoms with E-state index in [0.717, 1.165) is 25.8 Å². The molecule has 1 aromatic rings. The van der Waals surface area contributed by atoms with Crippen LogP contribution in [0.2, 0.25) is 0 Å². The van der Waals surface area contributed by atoms with E-state index >= 15 is 0 Å². The maximum Gasteiger partial charge on any atom is 0.108 e. The molecule has 0 amide bonds. The van der Waals surface area contributed by atoms with Crippen LogP contribution in [0.15, 0.2) is 6.20 Å². The molecule has 0 spiro atoms. The molecule has 0 radical (unpaired) electrons. The Kier molecular flexibility index (Phi) is 2.36. The lowest BCUT2D eigenvalue weighted by molar-refractivity contribution is 0.459. The molecule has 1 aliphatic heterocycles. The summed E-state index contributed by atoms with van der Waals surface area (Å²) in [5, 5.41) is 0. The maximum absolute atomic E-state index is 5.89. The van der Waals surface area contributed by atoms with Crippen LogP contribution in [0, 0.1) is 0 Å². The van der Waals surface area contributed by atoms with Gasteiger partial charge in [-0.15, -0.1) is 0 Å². The zero-order valence-corrected chi connectivity index (χ0v) is 8.16. The van der Waals surface area contributed by atoms with Gasteiger partial charge in [0.2, 0.25) is 0 Å². The second-order valence-electron chi connectivity index (χ2n) is 3.82. The normalized spacial score (nSPS) is 21.5. The molecule has 0 fully saturated rings. The van der Waals surface area contributed by atoms with Crippen molar-refractivity contribution in [3.8, 4) is 0 Å². The maximum atomic E-state index is 5.89. The molecule has 0 bridgehead atoms. The predicted octanol–water partition coefficient (Wildman–Crippen LogP) is 1.11. The molecular weight excluding hydrogens is 162 g/mol. The summed E-state index contributed by atoms with van der Waals surface area (Å²) in [5.74, 6) is 1.24. The van der Waals surface area contributed by atoms with Gasteiger partial charge in [-0.2, -0.15) is 0 Å². The molecule has 2 rings (SSSR count). The third kappa shape index (κ3) is 1.61. The Balaban J connectivity index is 2.23. The van der Waals surface area contributed by atoms with Crippen molar-refractivity contribution in [2.24, 2.45) is 5.73 Å². The fraction of sp³-hybridized carbons (Fsp3) is 0.700. The van der Waals surface area contributed by atoms with Crippen molar-refractivity contribution in [2.45, 2.75) is 45.2 Å². The molecule has 1 atom stereocenters. The number of aryl methyl sites for hydroxylation is 1. The van der Waals surface area contributed by atoms with Crippen molar-refractivity contribution in [2.75, 3.05) is 0 Å². The highest BCUT2D eigenvalue weighted by Crippen LogP contribution is 2.16. The number of nitrogens with zero attached hydrogens (tertiary/aromatic N) is 2. The molecule has 1 aliphatic rings. The molecule has 0 aromatic carbocycles. The largest absolute Gasteiger partial charge is 0.332 e. The zero-order valence-electron chi connectivity index (χ0n) is 8.16. The highest BCUT2D eigenvalue weighted by Gasteiger charge is 2.17. The van der Waals surface area contributed by atoms with E-state index in [1.54, 1.807) is 0 Å². The van der Waals surface area contributed by atoms with Gasteiger partial charge >= 0.3 is 0 Å². The van der Waals surface area contributed by atoms with Crippen LogP contribution in [0.25, 0.3) is 0 Å². The summed E-state index contributed by atoms with van der Waals surface area (Å²) in [5.41, 5.74) is 7.21. The Bertz CT molecular complexity index is 277. The average Bonchev–Trinajstić information content (AvgIpc) is 2.49. The smallest absolute Gasteiger partial charge is 0.108 e. The monoisotopic (exact) mass is 179 g/mol. The van der Waals surface area contributed by atoms with Crippen LogP contribution in [0.3, 0.4) is 0 Å². The lowest BCUT2D eigenvalue weighted by Gasteiger charge is -2.21. The quantitative estimate of drug-likeness (QED) is 0.739. The zero-order chi connectivity index (χ0) is 9.26.